The monoisotopic (exact) mass is 300 g/mol. The topological polar surface area (TPSA) is 80.1 Å². The predicted molar refractivity (Wildman–Crippen MR) is 68.4 cm³/mol. The van der Waals surface area contributed by atoms with Crippen LogP contribution in [0.5, 0.6) is 0 Å². The summed E-state index contributed by atoms with van der Waals surface area (Å²) >= 11 is 0. The molecule has 2 fully saturated rings. The zero-order chi connectivity index (χ0) is 14.9. The molecule has 2 atom stereocenters. The van der Waals surface area contributed by atoms with Gasteiger partial charge >= 0.3 is 6.43 Å². The summed E-state index contributed by atoms with van der Waals surface area (Å²) in [6.45, 7) is 0.835. The predicted octanol–water partition coefficient (Wildman–Crippen LogP) is 1.55. The summed E-state index contributed by atoms with van der Waals surface area (Å²) in [6, 6.07) is 0.213. The van der Waals surface area contributed by atoms with Crippen LogP contribution in [0.1, 0.15) is 50.2 Å². The van der Waals surface area contributed by atoms with E-state index in [1.807, 2.05) is 0 Å². The van der Waals surface area contributed by atoms with Crippen LogP contribution in [0.25, 0.3) is 0 Å². The number of carbonyl (C=O) groups is 1. The number of amides is 1. The maximum atomic E-state index is 12.5. The summed E-state index contributed by atoms with van der Waals surface area (Å²) in [5, 5.41) is 9.32. The van der Waals surface area contributed by atoms with E-state index in [9.17, 15) is 13.6 Å². The molecule has 1 saturated carbocycles. The molecule has 2 N–H and O–H groups in total. The summed E-state index contributed by atoms with van der Waals surface area (Å²) in [5.74, 6) is -0.683. The van der Waals surface area contributed by atoms with Crippen LogP contribution in [-0.2, 0) is 11.3 Å². The van der Waals surface area contributed by atoms with E-state index >= 15 is 0 Å². The Morgan fingerprint density at radius 1 is 1.48 bits per heavy atom. The highest BCUT2D eigenvalue weighted by Gasteiger charge is 2.49. The van der Waals surface area contributed by atoms with E-state index in [0.717, 1.165) is 38.6 Å². The molecule has 3 rings (SSSR count). The summed E-state index contributed by atoms with van der Waals surface area (Å²) in [6.07, 6.45) is 2.09. The van der Waals surface area contributed by atoms with Gasteiger partial charge in [0, 0.05) is 6.04 Å². The van der Waals surface area contributed by atoms with E-state index < -0.39 is 12.2 Å². The van der Waals surface area contributed by atoms with Gasteiger partial charge in [0.25, 0.3) is 0 Å². The molecule has 0 radical (unpaired) electrons. The highest BCUT2D eigenvalue weighted by Crippen LogP contribution is 2.42. The van der Waals surface area contributed by atoms with Crippen LogP contribution < -0.4 is 10.6 Å². The lowest BCUT2D eigenvalue weighted by atomic mass is 9.70. The molecule has 1 aliphatic carbocycles. The molecule has 1 amide bonds. The van der Waals surface area contributed by atoms with Gasteiger partial charge in [0.05, 0.1) is 12.0 Å². The maximum absolute atomic E-state index is 12.5. The van der Waals surface area contributed by atoms with E-state index in [1.165, 1.54) is 0 Å². The van der Waals surface area contributed by atoms with Crippen molar-refractivity contribution in [2.75, 3.05) is 6.54 Å². The Morgan fingerprint density at radius 2 is 2.33 bits per heavy atom. The molecule has 6 nitrogen and oxygen atoms in total. The third-order valence-electron chi connectivity index (χ3n) is 4.53. The zero-order valence-electron chi connectivity index (χ0n) is 11.6. The number of carbonyl (C=O) groups excluding carboxylic acids is 1. The van der Waals surface area contributed by atoms with Crippen LogP contribution >= 0.6 is 0 Å². The van der Waals surface area contributed by atoms with Crippen molar-refractivity contribution < 1.29 is 18.1 Å². The first-order chi connectivity index (χ1) is 10.1. The van der Waals surface area contributed by atoms with Crippen molar-refractivity contribution in [1.82, 2.24) is 20.8 Å². The number of hydrogen-bond acceptors (Lipinski definition) is 5. The van der Waals surface area contributed by atoms with Gasteiger partial charge in [-0.05, 0) is 25.8 Å². The minimum Gasteiger partial charge on any atom is -0.346 e. The first kappa shape index (κ1) is 14.4. The number of alkyl halides is 2. The number of nitrogens with one attached hydrogen (secondary N) is 2. The fourth-order valence-corrected chi connectivity index (χ4v) is 3.45. The molecule has 21 heavy (non-hydrogen) atoms. The molecule has 8 heteroatoms. The Balaban J connectivity index is 1.63. The Hall–Kier alpha value is -1.57. The van der Waals surface area contributed by atoms with Crippen LogP contribution in [0, 0.1) is 5.41 Å². The van der Waals surface area contributed by atoms with E-state index in [0.29, 0.717) is 0 Å². The molecule has 1 saturated heterocycles. The standard InChI is InChI=1S/C13H18F2N4O2/c14-10(15)11-18-9(21-19-11)7-17-12(20)13-4-2-1-3-8(13)16-6-5-13/h8,10,16H,1-7H2,(H,17,20)/t8-,13+/m0/s1. The van der Waals surface area contributed by atoms with Crippen LogP contribution in [0.2, 0.25) is 0 Å². The summed E-state index contributed by atoms with van der Waals surface area (Å²) < 4.78 is 29.4. The van der Waals surface area contributed by atoms with Gasteiger partial charge in [-0.15, -0.1) is 0 Å². The van der Waals surface area contributed by atoms with Crippen molar-refractivity contribution in [2.24, 2.45) is 5.41 Å². The van der Waals surface area contributed by atoms with Gasteiger partial charge in [0.15, 0.2) is 0 Å². The minimum atomic E-state index is -2.77. The largest absolute Gasteiger partial charge is 0.346 e. The Morgan fingerprint density at radius 3 is 3.10 bits per heavy atom. The molecule has 2 heterocycles. The average Bonchev–Trinajstić information content (AvgIpc) is 3.12. The fourth-order valence-electron chi connectivity index (χ4n) is 3.45. The van der Waals surface area contributed by atoms with Crippen LogP contribution in [0.4, 0.5) is 8.78 Å². The first-order valence-corrected chi connectivity index (χ1v) is 7.24. The third kappa shape index (κ3) is 2.64. The number of rotatable bonds is 4. The molecule has 1 aliphatic heterocycles. The van der Waals surface area contributed by atoms with Crippen molar-refractivity contribution in [1.29, 1.82) is 0 Å². The molecule has 1 aromatic rings. The van der Waals surface area contributed by atoms with Crippen molar-refractivity contribution in [3.63, 3.8) is 0 Å². The van der Waals surface area contributed by atoms with Gasteiger partial charge in [0.1, 0.15) is 0 Å². The van der Waals surface area contributed by atoms with Crippen molar-refractivity contribution in [2.45, 2.75) is 51.1 Å². The second-order valence-corrected chi connectivity index (χ2v) is 5.69. The van der Waals surface area contributed by atoms with Crippen LogP contribution in [-0.4, -0.2) is 28.6 Å². The van der Waals surface area contributed by atoms with Crippen LogP contribution in [0.15, 0.2) is 4.52 Å². The van der Waals surface area contributed by atoms with Crippen molar-refractivity contribution >= 4 is 5.91 Å². The highest BCUT2D eigenvalue weighted by atomic mass is 19.3. The number of hydrogen-bond donors (Lipinski definition) is 2. The van der Waals surface area contributed by atoms with E-state index in [1.54, 1.807) is 0 Å². The van der Waals surface area contributed by atoms with E-state index in [-0.39, 0.29) is 29.8 Å². The summed E-state index contributed by atoms with van der Waals surface area (Å²) in [4.78, 5) is 16.1. The average molecular weight is 300 g/mol. The molecule has 0 unspecified atom stereocenters. The van der Waals surface area contributed by atoms with Gasteiger partial charge in [-0.1, -0.05) is 18.0 Å². The van der Waals surface area contributed by atoms with Gasteiger partial charge in [-0.2, -0.15) is 4.98 Å². The number of fused-ring (bicyclic) bond motifs is 1. The maximum Gasteiger partial charge on any atom is 0.300 e. The number of aromatic nitrogens is 2. The van der Waals surface area contributed by atoms with Gasteiger partial charge in [-0.3, -0.25) is 4.79 Å². The quantitative estimate of drug-likeness (QED) is 0.882. The molecular formula is C13H18F2N4O2. The first-order valence-electron chi connectivity index (χ1n) is 7.24. The smallest absolute Gasteiger partial charge is 0.300 e. The summed E-state index contributed by atoms with van der Waals surface area (Å²) in [7, 11) is 0. The highest BCUT2D eigenvalue weighted by molar-refractivity contribution is 5.84. The Bertz CT molecular complexity index is 522. The lowest BCUT2D eigenvalue weighted by molar-refractivity contribution is -0.133. The van der Waals surface area contributed by atoms with Crippen molar-refractivity contribution in [3.05, 3.63) is 11.7 Å². The molecule has 0 bridgehead atoms. The van der Waals surface area contributed by atoms with Crippen molar-refractivity contribution in [3.8, 4) is 0 Å². The molecule has 2 aliphatic rings. The molecular weight excluding hydrogens is 282 g/mol. The second kappa shape index (κ2) is 5.67. The normalized spacial score (nSPS) is 28.6. The van der Waals surface area contributed by atoms with Crippen LogP contribution in [0.3, 0.4) is 0 Å². The molecule has 1 aromatic heterocycles. The van der Waals surface area contributed by atoms with E-state index in [2.05, 4.69) is 20.8 Å². The Labute approximate surface area is 120 Å². The van der Waals surface area contributed by atoms with Gasteiger partial charge in [-0.25, -0.2) is 8.78 Å². The SMILES string of the molecule is O=C(NCc1nc(C(F)F)no1)[C@@]12CCCC[C@@H]1NCC2. The summed E-state index contributed by atoms with van der Waals surface area (Å²) in [5.41, 5.74) is -0.371. The van der Waals surface area contributed by atoms with E-state index in [4.69, 9.17) is 4.52 Å². The lowest BCUT2D eigenvalue weighted by Crippen LogP contribution is -2.50. The zero-order valence-corrected chi connectivity index (χ0v) is 11.6. The molecule has 116 valence electrons. The van der Waals surface area contributed by atoms with Gasteiger partial charge in [0.2, 0.25) is 17.6 Å². The number of halogens is 2. The molecule has 0 aromatic carbocycles. The minimum absolute atomic E-state index is 0.00692. The second-order valence-electron chi connectivity index (χ2n) is 5.69. The van der Waals surface area contributed by atoms with Gasteiger partial charge < -0.3 is 15.2 Å². The molecule has 0 spiro atoms. The lowest BCUT2D eigenvalue weighted by Gasteiger charge is -2.37. The third-order valence-corrected chi connectivity index (χ3v) is 4.53. The number of nitrogens with zero attached hydrogens (tertiary/aromatic N) is 2. The Kier molecular flexibility index (Phi) is 3.88. The fraction of sp³-hybridized carbons (Fsp3) is 0.769.